The molecular weight excluding hydrogens is 218 g/mol. The second-order valence-corrected chi connectivity index (χ2v) is 4.40. The molecule has 0 nitrogen and oxygen atoms in total. The van der Waals surface area contributed by atoms with E-state index in [0.717, 1.165) is 5.56 Å². The summed E-state index contributed by atoms with van der Waals surface area (Å²) < 4.78 is 27.4. The first-order chi connectivity index (χ1) is 6.95. The topological polar surface area (TPSA) is 0 Å². The Kier molecular flexibility index (Phi) is 4.09. The fourth-order valence-electron chi connectivity index (χ4n) is 1.51. The van der Waals surface area contributed by atoms with Crippen molar-refractivity contribution < 1.29 is 8.78 Å². The van der Waals surface area contributed by atoms with Gasteiger partial charge in [0.05, 0.1) is 0 Å². The molecule has 0 atom stereocenters. The molecule has 1 aromatic carbocycles. The molecule has 3 heteroatoms. The molecule has 1 aromatic rings. The number of halogens is 3. The number of rotatable bonds is 4. The highest BCUT2D eigenvalue weighted by Crippen LogP contribution is 2.34. The monoisotopic (exact) mass is 232 g/mol. The Morgan fingerprint density at radius 1 is 1.33 bits per heavy atom. The minimum absolute atomic E-state index is 0.0281. The van der Waals surface area contributed by atoms with Gasteiger partial charge in [0.2, 0.25) is 0 Å². The lowest BCUT2D eigenvalue weighted by molar-refractivity contribution is -0.0249. The molecule has 0 fully saturated rings. The highest BCUT2D eigenvalue weighted by atomic mass is 35.5. The Hall–Kier alpha value is -0.630. The number of hydrogen-bond acceptors (Lipinski definition) is 0. The fourth-order valence-corrected chi connectivity index (χ4v) is 1.68. The Balaban J connectivity index is 2.93. The molecule has 0 radical (unpaired) electrons. The van der Waals surface area contributed by atoms with Crippen molar-refractivity contribution in [1.29, 1.82) is 0 Å². The zero-order valence-electron chi connectivity index (χ0n) is 8.93. The van der Waals surface area contributed by atoms with Gasteiger partial charge in [-0.05, 0) is 17.5 Å². The van der Waals surface area contributed by atoms with Gasteiger partial charge >= 0.3 is 0 Å². The summed E-state index contributed by atoms with van der Waals surface area (Å²) in [5.74, 6) is -2.51. The van der Waals surface area contributed by atoms with Crippen molar-refractivity contribution >= 4 is 11.6 Å². The largest absolute Gasteiger partial charge is 0.273 e. The first-order valence-electron chi connectivity index (χ1n) is 4.99. The highest BCUT2D eigenvalue weighted by Gasteiger charge is 2.32. The highest BCUT2D eigenvalue weighted by molar-refractivity contribution is 6.17. The summed E-state index contributed by atoms with van der Waals surface area (Å²) in [6.07, 6.45) is -0.126. The van der Waals surface area contributed by atoms with Crippen LogP contribution >= 0.6 is 11.6 Å². The molecule has 0 bridgehead atoms. The van der Waals surface area contributed by atoms with Crippen LogP contribution in [-0.2, 0) is 11.8 Å². The molecule has 0 N–H and O–H groups in total. The van der Waals surface area contributed by atoms with Gasteiger partial charge in [0.15, 0.2) is 0 Å². The van der Waals surface area contributed by atoms with Gasteiger partial charge in [-0.2, -0.15) is 0 Å². The van der Waals surface area contributed by atoms with Crippen LogP contribution in [-0.4, -0.2) is 0 Å². The van der Waals surface area contributed by atoms with E-state index >= 15 is 0 Å². The second kappa shape index (κ2) is 4.93. The van der Waals surface area contributed by atoms with Crippen molar-refractivity contribution in [2.45, 2.75) is 32.1 Å². The van der Waals surface area contributed by atoms with Gasteiger partial charge in [0.25, 0.3) is 5.92 Å². The van der Waals surface area contributed by atoms with Gasteiger partial charge < -0.3 is 0 Å². The van der Waals surface area contributed by atoms with E-state index in [4.69, 9.17) is 11.6 Å². The Bertz CT molecular complexity index is 321. The van der Waals surface area contributed by atoms with E-state index in [2.05, 4.69) is 0 Å². The molecule has 0 aromatic heterocycles. The molecule has 0 aliphatic rings. The van der Waals surface area contributed by atoms with E-state index in [1.54, 1.807) is 26.0 Å². The summed E-state index contributed by atoms with van der Waals surface area (Å²) in [5, 5.41) is 0. The van der Waals surface area contributed by atoms with Gasteiger partial charge in [-0.3, -0.25) is 0 Å². The SMILES string of the molecule is CC(C)CC(F)(F)c1cccc(CCl)c1. The van der Waals surface area contributed by atoms with Gasteiger partial charge in [0, 0.05) is 17.9 Å². The molecule has 0 aliphatic heterocycles. The summed E-state index contributed by atoms with van der Waals surface area (Å²) in [7, 11) is 0. The van der Waals surface area contributed by atoms with E-state index < -0.39 is 5.92 Å². The van der Waals surface area contributed by atoms with E-state index in [0.29, 0.717) is 0 Å². The maximum atomic E-state index is 13.7. The summed E-state index contributed by atoms with van der Waals surface area (Å²) >= 11 is 5.61. The van der Waals surface area contributed by atoms with Crippen LogP contribution in [0.25, 0.3) is 0 Å². The first kappa shape index (κ1) is 12.4. The summed E-state index contributed by atoms with van der Waals surface area (Å²) in [6, 6.07) is 6.32. The van der Waals surface area contributed by atoms with Gasteiger partial charge in [-0.25, -0.2) is 8.78 Å². The van der Waals surface area contributed by atoms with Crippen LogP contribution in [0.1, 0.15) is 31.4 Å². The van der Waals surface area contributed by atoms with Crippen molar-refractivity contribution in [3.8, 4) is 0 Å². The standard InChI is InChI=1S/C12H15ClF2/c1-9(2)7-12(14,15)11-5-3-4-10(6-11)8-13/h3-6,9H,7-8H2,1-2H3. The summed E-state index contributed by atoms with van der Waals surface area (Å²) in [4.78, 5) is 0. The molecule has 0 heterocycles. The van der Waals surface area contributed by atoms with Crippen LogP contribution in [0.4, 0.5) is 8.78 Å². The lowest BCUT2D eigenvalue weighted by atomic mass is 9.97. The molecule has 0 unspecified atom stereocenters. The van der Waals surface area contributed by atoms with Crippen molar-refractivity contribution in [2.75, 3.05) is 0 Å². The minimum Gasteiger partial charge on any atom is -0.201 e. The number of alkyl halides is 3. The third-order valence-electron chi connectivity index (χ3n) is 2.17. The maximum Gasteiger partial charge on any atom is 0.273 e. The smallest absolute Gasteiger partial charge is 0.201 e. The quantitative estimate of drug-likeness (QED) is 0.668. The minimum atomic E-state index is -2.75. The van der Waals surface area contributed by atoms with Crippen molar-refractivity contribution in [3.63, 3.8) is 0 Å². The van der Waals surface area contributed by atoms with Crippen LogP contribution in [0.15, 0.2) is 24.3 Å². The predicted molar refractivity (Wildman–Crippen MR) is 59.3 cm³/mol. The molecule has 0 spiro atoms. The molecule has 0 saturated heterocycles. The van der Waals surface area contributed by atoms with Crippen LogP contribution in [0.2, 0.25) is 0 Å². The third-order valence-corrected chi connectivity index (χ3v) is 2.48. The third kappa shape index (κ3) is 3.45. The van der Waals surface area contributed by atoms with Gasteiger partial charge in [0.1, 0.15) is 0 Å². The normalized spacial score (nSPS) is 12.1. The zero-order valence-corrected chi connectivity index (χ0v) is 9.69. The molecule has 0 aliphatic carbocycles. The summed E-state index contributed by atoms with van der Waals surface area (Å²) in [5.41, 5.74) is 0.798. The van der Waals surface area contributed by atoms with Crippen molar-refractivity contribution in [2.24, 2.45) is 5.92 Å². The Morgan fingerprint density at radius 3 is 2.53 bits per heavy atom. The zero-order chi connectivity index (χ0) is 11.5. The molecule has 84 valence electrons. The van der Waals surface area contributed by atoms with Crippen molar-refractivity contribution in [3.05, 3.63) is 35.4 Å². The van der Waals surface area contributed by atoms with E-state index in [9.17, 15) is 8.78 Å². The first-order valence-corrected chi connectivity index (χ1v) is 5.52. The fraction of sp³-hybridized carbons (Fsp3) is 0.500. The van der Waals surface area contributed by atoms with Crippen LogP contribution in [0.5, 0.6) is 0 Å². The molecule has 15 heavy (non-hydrogen) atoms. The van der Waals surface area contributed by atoms with Gasteiger partial charge in [-0.15, -0.1) is 11.6 Å². The maximum absolute atomic E-state index is 13.7. The van der Waals surface area contributed by atoms with Crippen molar-refractivity contribution in [1.82, 2.24) is 0 Å². The van der Waals surface area contributed by atoms with Crippen LogP contribution in [0, 0.1) is 5.92 Å². The lowest BCUT2D eigenvalue weighted by Crippen LogP contribution is -2.16. The van der Waals surface area contributed by atoms with E-state index in [-0.39, 0.29) is 23.8 Å². The van der Waals surface area contributed by atoms with Crippen LogP contribution in [0.3, 0.4) is 0 Å². The van der Waals surface area contributed by atoms with E-state index in [1.165, 1.54) is 12.1 Å². The molecule has 1 rings (SSSR count). The number of benzene rings is 1. The average Bonchev–Trinajstić information content (AvgIpc) is 2.16. The number of hydrogen-bond donors (Lipinski definition) is 0. The Morgan fingerprint density at radius 2 is 2.00 bits per heavy atom. The average molecular weight is 233 g/mol. The summed E-state index contributed by atoms with van der Waals surface area (Å²) in [6.45, 7) is 3.58. The second-order valence-electron chi connectivity index (χ2n) is 4.14. The molecular formula is C12H15ClF2. The Labute approximate surface area is 94.3 Å². The molecule has 0 amide bonds. The van der Waals surface area contributed by atoms with Crippen LogP contribution < -0.4 is 0 Å². The lowest BCUT2D eigenvalue weighted by Gasteiger charge is -2.19. The van der Waals surface area contributed by atoms with Gasteiger partial charge in [-0.1, -0.05) is 32.0 Å². The molecule has 0 saturated carbocycles. The van der Waals surface area contributed by atoms with E-state index in [1.807, 2.05) is 0 Å². The predicted octanol–water partition coefficient (Wildman–Crippen LogP) is 4.56.